The van der Waals surface area contributed by atoms with Crippen LogP contribution in [0.5, 0.6) is 0 Å². The van der Waals surface area contributed by atoms with Crippen LogP contribution in [0.3, 0.4) is 0 Å². The van der Waals surface area contributed by atoms with Crippen LogP contribution in [0.2, 0.25) is 0 Å². The second-order valence-electron chi connectivity index (χ2n) is 5.02. The summed E-state index contributed by atoms with van der Waals surface area (Å²) >= 11 is 0. The molecule has 2 amide bonds. The van der Waals surface area contributed by atoms with Gasteiger partial charge in [-0.1, -0.05) is 13.8 Å². The fourth-order valence-electron chi connectivity index (χ4n) is 1.61. The van der Waals surface area contributed by atoms with E-state index in [2.05, 4.69) is 10.6 Å². The molecular weight excluding hydrogens is 277 g/mol. The minimum absolute atomic E-state index is 0.0430. The number of alkyl halides is 3. The molecule has 0 saturated heterocycles. The molecule has 0 fully saturated rings. The highest BCUT2D eigenvalue weighted by Crippen LogP contribution is 2.20. The number of rotatable bonds is 8. The van der Waals surface area contributed by atoms with Gasteiger partial charge in [-0.15, -0.1) is 0 Å². The average molecular weight is 298 g/mol. The first-order valence-electron chi connectivity index (χ1n) is 6.43. The molecule has 1 atom stereocenters. The zero-order valence-electron chi connectivity index (χ0n) is 11.6. The second-order valence-corrected chi connectivity index (χ2v) is 5.02. The van der Waals surface area contributed by atoms with Gasteiger partial charge in [-0.25, -0.2) is 4.79 Å². The maximum Gasteiger partial charge on any atom is 0.389 e. The van der Waals surface area contributed by atoms with Crippen molar-refractivity contribution >= 4 is 12.0 Å². The molecule has 3 N–H and O–H groups in total. The van der Waals surface area contributed by atoms with Gasteiger partial charge in [0, 0.05) is 19.5 Å². The third kappa shape index (κ3) is 10.5. The Balaban J connectivity index is 3.88. The molecule has 0 heterocycles. The summed E-state index contributed by atoms with van der Waals surface area (Å²) in [6, 6.07) is -0.651. The quantitative estimate of drug-likeness (QED) is 0.602. The molecule has 0 saturated carbocycles. The number of carbonyl (C=O) groups is 2. The van der Waals surface area contributed by atoms with Gasteiger partial charge in [0.1, 0.15) is 0 Å². The van der Waals surface area contributed by atoms with Crippen molar-refractivity contribution in [1.29, 1.82) is 0 Å². The number of hydrogen-bond donors (Lipinski definition) is 3. The number of nitrogens with one attached hydrogen (secondary N) is 2. The van der Waals surface area contributed by atoms with Gasteiger partial charge in [0.05, 0.1) is 5.92 Å². The normalized spacial score (nSPS) is 13.1. The van der Waals surface area contributed by atoms with E-state index in [4.69, 9.17) is 5.11 Å². The van der Waals surface area contributed by atoms with Crippen molar-refractivity contribution in [3.63, 3.8) is 0 Å². The highest BCUT2D eigenvalue weighted by Gasteiger charge is 2.26. The van der Waals surface area contributed by atoms with Gasteiger partial charge in [-0.05, 0) is 18.8 Å². The van der Waals surface area contributed by atoms with E-state index < -0.39 is 30.5 Å². The average Bonchev–Trinajstić information content (AvgIpc) is 2.28. The van der Waals surface area contributed by atoms with E-state index in [9.17, 15) is 22.8 Å². The maximum absolute atomic E-state index is 11.9. The van der Waals surface area contributed by atoms with E-state index >= 15 is 0 Å². The van der Waals surface area contributed by atoms with E-state index in [0.717, 1.165) is 0 Å². The van der Waals surface area contributed by atoms with Crippen LogP contribution in [0.15, 0.2) is 0 Å². The van der Waals surface area contributed by atoms with E-state index in [1.807, 2.05) is 13.8 Å². The highest BCUT2D eigenvalue weighted by molar-refractivity contribution is 5.75. The molecule has 0 aromatic heterocycles. The maximum atomic E-state index is 11.9. The summed E-state index contributed by atoms with van der Waals surface area (Å²) in [6.45, 7) is 3.59. The minimum Gasteiger partial charge on any atom is -0.481 e. The van der Waals surface area contributed by atoms with Crippen LogP contribution in [-0.2, 0) is 4.79 Å². The lowest BCUT2D eigenvalue weighted by molar-refractivity contribution is -0.142. The molecule has 0 aliphatic rings. The minimum atomic E-state index is -4.23. The van der Waals surface area contributed by atoms with E-state index in [0.29, 0.717) is 6.42 Å². The monoisotopic (exact) mass is 298 g/mol. The summed E-state index contributed by atoms with van der Waals surface area (Å²) < 4.78 is 35.6. The number of amides is 2. The zero-order valence-corrected chi connectivity index (χ0v) is 11.6. The van der Waals surface area contributed by atoms with E-state index in [-0.39, 0.29) is 25.4 Å². The first-order valence-corrected chi connectivity index (χ1v) is 6.43. The number of halogens is 3. The zero-order chi connectivity index (χ0) is 15.8. The van der Waals surface area contributed by atoms with Crippen LogP contribution >= 0.6 is 0 Å². The molecule has 0 bridgehead atoms. The third-order valence-corrected chi connectivity index (χ3v) is 2.54. The number of carbonyl (C=O) groups excluding carboxylic acids is 1. The second kappa shape index (κ2) is 8.65. The smallest absolute Gasteiger partial charge is 0.389 e. The lowest BCUT2D eigenvalue weighted by Crippen LogP contribution is -2.40. The molecule has 20 heavy (non-hydrogen) atoms. The predicted octanol–water partition coefficient (Wildman–Crippen LogP) is 2.38. The molecule has 0 aliphatic carbocycles. The van der Waals surface area contributed by atoms with Gasteiger partial charge >= 0.3 is 18.2 Å². The van der Waals surface area contributed by atoms with E-state index in [1.54, 1.807) is 0 Å². The highest BCUT2D eigenvalue weighted by atomic mass is 19.4. The molecule has 0 aromatic rings. The van der Waals surface area contributed by atoms with Crippen molar-refractivity contribution in [3.8, 4) is 0 Å². The molecule has 118 valence electrons. The van der Waals surface area contributed by atoms with Crippen molar-refractivity contribution in [2.24, 2.45) is 11.8 Å². The Hall–Kier alpha value is -1.47. The van der Waals surface area contributed by atoms with Crippen LogP contribution in [-0.4, -0.2) is 36.4 Å². The van der Waals surface area contributed by atoms with Crippen LogP contribution in [0, 0.1) is 11.8 Å². The Morgan fingerprint density at radius 2 is 1.80 bits per heavy atom. The van der Waals surface area contributed by atoms with Crippen molar-refractivity contribution in [1.82, 2.24) is 10.6 Å². The van der Waals surface area contributed by atoms with Crippen LogP contribution in [0.4, 0.5) is 18.0 Å². The van der Waals surface area contributed by atoms with Gasteiger partial charge in [0.15, 0.2) is 0 Å². The molecule has 0 aliphatic heterocycles. The molecule has 8 heteroatoms. The SMILES string of the molecule is CC(C)CC(CNC(=O)NCCCC(F)(F)F)C(=O)O. The molecule has 1 unspecified atom stereocenters. The summed E-state index contributed by atoms with van der Waals surface area (Å²) in [5.74, 6) is -1.53. The topological polar surface area (TPSA) is 78.4 Å². The fourth-order valence-corrected chi connectivity index (χ4v) is 1.61. The van der Waals surface area contributed by atoms with Crippen molar-refractivity contribution in [3.05, 3.63) is 0 Å². The van der Waals surface area contributed by atoms with Crippen LogP contribution < -0.4 is 10.6 Å². The first-order chi connectivity index (χ1) is 9.11. The lowest BCUT2D eigenvalue weighted by atomic mass is 9.97. The van der Waals surface area contributed by atoms with Gasteiger partial charge < -0.3 is 15.7 Å². The fraction of sp³-hybridized carbons (Fsp3) is 0.833. The van der Waals surface area contributed by atoms with Crippen molar-refractivity contribution < 1.29 is 27.9 Å². The predicted molar refractivity (Wildman–Crippen MR) is 67.3 cm³/mol. The Labute approximate surface area is 115 Å². The van der Waals surface area contributed by atoms with Crippen LogP contribution in [0.1, 0.15) is 33.1 Å². The summed E-state index contributed by atoms with van der Waals surface area (Å²) in [5.41, 5.74) is 0. The molecular formula is C12H21F3N2O3. The lowest BCUT2D eigenvalue weighted by Gasteiger charge is -2.15. The summed E-state index contributed by atoms with van der Waals surface area (Å²) in [5, 5.41) is 13.6. The molecule has 0 spiro atoms. The van der Waals surface area contributed by atoms with Gasteiger partial charge in [-0.3, -0.25) is 4.79 Å². The number of carboxylic acids is 1. The number of urea groups is 1. The Kier molecular flexibility index (Phi) is 8.02. The van der Waals surface area contributed by atoms with E-state index in [1.165, 1.54) is 0 Å². The van der Waals surface area contributed by atoms with Crippen LogP contribution in [0.25, 0.3) is 0 Å². The number of hydrogen-bond acceptors (Lipinski definition) is 2. The van der Waals surface area contributed by atoms with Gasteiger partial charge in [0.2, 0.25) is 0 Å². The van der Waals surface area contributed by atoms with Gasteiger partial charge in [-0.2, -0.15) is 13.2 Å². The van der Waals surface area contributed by atoms with Gasteiger partial charge in [0.25, 0.3) is 0 Å². The van der Waals surface area contributed by atoms with Crippen molar-refractivity contribution in [2.45, 2.75) is 39.3 Å². The Morgan fingerprint density at radius 3 is 2.25 bits per heavy atom. The number of aliphatic carboxylic acids is 1. The summed E-state index contributed by atoms with van der Waals surface area (Å²) in [7, 11) is 0. The Morgan fingerprint density at radius 1 is 1.20 bits per heavy atom. The number of carboxylic acid groups (broad SMARTS) is 1. The third-order valence-electron chi connectivity index (χ3n) is 2.54. The molecule has 0 radical (unpaired) electrons. The summed E-state index contributed by atoms with van der Waals surface area (Å²) in [6.07, 6.45) is -4.98. The summed E-state index contributed by atoms with van der Waals surface area (Å²) in [4.78, 5) is 22.2. The molecule has 0 aromatic carbocycles. The molecule has 5 nitrogen and oxygen atoms in total. The largest absolute Gasteiger partial charge is 0.481 e. The standard InChI is InChI=1S/C12H21F3N2O3/c1-8(2)6-9(10(18)19)7-17-11(20)16-5-3-4-12(13,14)15/h8-9H,3-7H2,1-2H3,(H,18,19)(H2,16,17,20). The molecule has 0 rings (SSSR count). The van der Waals surface area contributed by atoms with Crippen molar-refractivity contribution in [2.75, 3.05) is 13.1 Å². The Bertz CT molecular complexity index is 320. The first kappa shape index (κ1) is 18.5.